The zero-order chi connectivity index (χ0) is 14.8. The topological polar surface area (TPSA) is 97.4 Å². The van der Waals surface area contributed by atoms with Crippen molar-refractivity contribution in [3.63, 3.8) is 0 Å². The van der Waals surface area contributed by atoms with Crippen LogP contribution in [0.1, 0.15) is 20.7 Å². The van der Waals surface area contributed by atoms with Crippen LogP contribution in [-0.4, -0.2) is 29.3 Å². The number of fused-ring (bicyclic) bond motifs is 1. The fourth-order valence-electron chi connectivity index (χ4n) is 1.89. The number of carbonyl (C=O) groups excluding carboxylic acids is 3. The van der Waals surface area contributed by atoms with Crippen molar-refractivity contribution in [2.24, 2.45) is 0 Å². The Kier molecular flexibility index (Phi) is 3.36. The van der Waals surface area contributed by atoms with E-state index < -0.39 is 17.7 Å². The third-order valence-corrected chi connectivity index (χ3v) is 3.45. The van der Waals surface area contributed by atoms with Gasteiger partial charge in [-0.05, 0) is 12.1 Å². The highest BCUT2D eigenvalue weighted by molar-refractivity contribution is 7.13. The van der Waals surface area contributed by atoms with E-state index in [0.717, 1.165) is 0 Å². The summed E-state index contributed by atoms with van der Waals surface area (Å²) < 4.78 is 5.33. The molecule has 8 heteroatoms. The highest BCUT2D eigenvalue weighted by Gasteiger charge is 2.30. The summed E-state index contributed by atoms with van der Waals surface area (Å²) in [6, 6.07) is 4.65. The van der Waals surface area contributed by atoms with Gasteiger partial charge in [0.15, 0.2) is 11.7 Å². The molecule has 0 spiro atoms. The molecule has 0 bridgehead atoms. The van der Waals surface area contributed by atoms with Gasteiger partial charge in [0.05, 0.1) is 11.1 Å². The van der Waals surface area contributed by atoms with Crippen LogP contribution in [0.3, 0.4) is 0 Å². The summed E-state index contributed by atoms with van der Waals surface area (Å²) in [6.07, 6.45) is 1.57. The van der Waals surface area contributed by atoms with Crippen LogP contribution < -0.4 is 15.4 Å². The van der Waals surface area contributed by atoms with Gasteiger partial charge in [-0.15, -0.1) is 11.3 Å². The Bertz CT molecular complexity index is 727. The number of rotatable bonds is 4. The molecule has 7 nitrogen and oxygen atoms in total. The minimum absolute atomic E-state index is 0.157. The molecular formula is C13H9N3O4S. The average molecular weight is 303 g/mol. The van der Waals surface area contributed by atoms with Crippen LogP contribution in [0.4, 0.5) is 5.13 Å². The van der Waals surface area contributed by atoms with Gasteiger partial charge in [-0.25, -0.2) is 4.98 Å². The molecule has 21 heavy (non-hydrogen) atoms. The number of hydrogen-bond acceptors (Lipinski definition) is 6. The zero-order valence-corrected chi connectivity index (χ0v) is 11.4. The van der Waals surface area contributed by atoms with Crippen molar-refractivity contribution in [1.82, 2.24) is 10.3 Å². The van der Waals surface area contributed by atoms with Crippen molar-refractivity contribution in [3.8, 4) is 5.75 Å². The molecular weight excluding hydrogens is 294 g/mol. The predicted molar refractivity (Wildman–Crippen MR) is 74.5 cm³/mol. The molecule has 0 saturated heterocycles. The molecule has 1 aromatic heterocycles. The summed E-state index contributed by atoms with van der Waals surface area (Å²) in [5.74, 6) is -1.18. The quantitative estimate of drug-likeness (QED) is 0.823. The molecule has 0 saturated carbocycles. The first-order chi connectivity index (χ1) is 10.1. The fraction of sp³-hybridized carbons (Fsp3) is 0.0769. The number of anilines is 1. The third kappa shape index (κ3) is 2.61. The van der Waals surface area contributed by atoms with Crippen molar-refractivity contribution >= 4 is 34.2 Å². The number of ether oxygens (including phenoxy) is 1. The Morgan fingerprint density at radius 2 is 2.19 bits per heavy atom. The lowest BCUT2D eigenvalue weighted by Gasteiger charge is -2.08. The Labute approximate surface area is 123 Å². The Balaban J connectivity index is 1.70. The number of hydrogen-bond donors (Lipinski definition) is 2. The molecule has 0 atom stereocenters. The second kappa shape index (κ2) is 5.33. The number of nitrogens with one attached hydrogen (secondary N) is 2. The zero-order valence-electron chi connectivity index (χ0n) is 10.6. The van der Waals surface area contributed by atoms with Crippen LogP contribution in [-0.2, 0) is 4.79 Å². The van der Waals surface area contributed by atoms with Gasteiger partial charge in [0.2, 0.25) is 0 Å². The van der Waals surface area contributed by atoms with Gasteiger partial charge >= 0.3 is 0 Å². The summed E-state index contributed by atoms with van der Waals surface area (Å²) >= 11 is 1.29. The molecule has 2 aromatic rings. The number of imide groups is 1. The van der Waals surface area contributed by atoms with Gasteiger partial charge in [0.25, 0.3) is 17.7 Å². The van der Waals surface area contributed by atoms with Crippen LogP contribution >= 0.6 is 11.3 Å². The lowest BCUT2D eigenvalue weighted by molar-refractivity contribution is -0.118. The lowest BCUT2D eigenvalue weighted by atomic mass is 10.1. The molecule has 0 fully saturated rings. The first-order valence-electron chi connectivity index (χ1n) is 5.96. The largest absolute Gasteiger partial charge is 0.483 e. The molecule has 2 heterocycles. The van der Waals surface area contributed by atoms with Crippen molar-refractivity contribution < 1.29 is 19.1 Å². The monoisotopic (exact) mass is 303 g/mol. The molecule has 3 rings (SSSR count). The fourth-order valence-corrected chi connectivity index (χ4v) is 2.44. The smallest absolute Gasteiger partial charge is 0.264 e. The molecule has 1 aliphatic heterocycles. The Morgan fingerprint density at radius 1 is 1.33 bits per heavy atom. The summed E-state index contributed by atoms with van der Waals surface area (Å²) in [4.78, 5) is 38.8. The first-order valence-corrected chi connectivity index (χ1v) is 6.84. The van der Waals surface area contributed by atoms with Crippen molar-refractivity contribution in [2.45, 2.75) is 0 Å². The van der Waals surface area contributed by atoms with Crippen molar-refractivity contribution in [3.05, 3.63) is 40.9 Å². The highest BCUT2D eigenvalue weighted by Crippen LogP contribution is 2.26. The molecule has 0 unspecified atom stereocenters. The number of amides is 3. The number of nitrogens with zero attached hydrogens (tertiary/aromatic N) is 1. The van der Waals surface area contributed by atoms with Gasteiger partial charge in [-0.3, -0.25) is 25.0 Å². The van der Waals surface area contributed by atoms with E-state index in [4.69, 9.17) is 4.74 Å². The molecule has 0 aliphatic carbocycles. The first kappa shape index (κ1) is 13.3. The van der Waals surface area contributed by atoms with E-state index in [1.165, 1.54) is 23.5 Å². The summed E-state index contributed by atoms with van der Waals surface area (Å²) in [6.45, 7) is -0.280. The van der Waals surface area contributed by atoms with E-state index in [2.05, 4.69) is 15.6 Å². The number of thiazole rings is 1. The van der Waals surface area contributed by atoms with Crippen LogP contribution in [0.15, 0.2) is 29.8 Å². The van der Waals surface area contributed by atoms with Gasteiger partial charge in [-0.1, -0.05) is 6.07 Å². The van der Waals surface area contributed by atoms with Gasteiger partial charge in [-0.2, -0.15) is 0 Å². The number of carbonyl (C=O) groups is 3. The number of aromatic nitrogens is 1. The van der Waals surface area contributed by atoms with Crippen LogP contribution in [0, 0.1) is 0 Å². The standard InChI is InChI=1S/C13H9N3O4S/c17-9(15-13-14-4-5-21-13)6-20-8-3-1-2-7-10(8)12(19)16-11(7)18/h1-5H,6H2,(H,14,15,17)(H,16,18,19). The Morgan fingerprint density at radius 3 is 2.95 bits per heavy atom. The second-order valence-electron chi connectivity index (χ2n) is 4.14. The summed E-state index contributed by atoms with van der Waals surface area (Å²) in [7, 11) is 0. The SMILES string of the molecule is O=C(COc1cccc2c1C(=O)NC2=O)Nc1nccs1. The van der Waals surface area contributed by atoms with E-state index >= 15 is 0 Å². The maximum Gasteiger partial charge on any atom is 0.264 e. The van der Waals surface area contributed by atoms with E-state index in [1.54, 1.807) is 17.6 Å². The minimum atomic E-state index is -0.522. The normalized spacial score (nSPS) is 12.8. The van der Waals surface area contributed by atoms with E-state index in [1.807, 2.05) is 0 Å². The van der Waals surface area contributed by atoms with E-state index in [0.29, 0.717) is 5.13 Å². The summed E-state index contributed by atoms with van der Waals surface area (Å²) in [5.41, 5.74) is 0.405. The van der Waals surface area contributed by atoms with Crippen LogP contribution in [0.5, 0.6) is 5.75 Å². The Hall–Kier alpha value is -2.74. The maximum atomic E-state index is 11.7. The van der Waals surface area contributed by atoms with Gasteiger partial charge in [0, 0.05) is 11.6 Å². The molecule has 106 valence electrons. The van der Waals surface area contributed by atoms with Gasteiger partial charge < -0.3 is 4.74 Å². The van der Waals surface area contributed by atoms with E-state index in [-0.39, 0.29) is 23.5 Å². The minimum Gasteiger partial charge on any atom is -0.483 e. The molecule has 1 aliphatic rings. The van der Waals surface area contributed by atoms with E-state index in [9.17, 15) is 14.4 Å². The summed E-state index contributed by atoms with van der Waals surface area (Å²) in [5, 5.41) is 6.94. The molecule has 1 aromatic carbocycles. The lowest BCUT2D eigenvalue weighted by Crippen LogP contribution is -2.22. The highest BCUT2D eigenvalue weighted by atomic mass is 32.1. The van der Waals surface area contributed by atoms with Crippen molar-refractivity contribution in [2.75, 3.05) is 11.9 Å². The maximum absolute atomic E-state index is 11.7. The van der Waals surface area contributed by atoms with Crippen molar-refractivity contribution in [1.29, 1.82) is 0 Å². The number of benzene rings is 1. The second-order valence-corrected chi connectivity index (χ2v) is 5.03. The predicted octanol–water partition coefficient (Wildman–Crippen LogP) is 1.04. The molecule has 0 radical (unpaired) electrons. The molecule has 3 amide bonds. The third-order valence-electron chi connectivity index (χ3n) is 2.76. The van der Waals surface area contributed by atoms with Crippen LogP contribution in [0.25, 0.3) is 0 Å². The average Bonchev–Trinajstić information content (AvgIpc) is 3.06. The van der Waals surface area contributed by atoms with Gasteiger partial charge in [0.1, 0.15) is 5.75 Å². The molecule has 2 N–H and O–H groups in total. The van der Waals surface area contributed by atoms with Crippen LogP contribution in [0.2, 0.25) is 0 Å².